The number of benzene rings is 2. The standard InChI is InChI=1S/C16H16N2O/c1-2-11-19-16-10-6-7-14(12-16)13-17-18-15-8-4-3-5-9-15/h1,3-10,12,17-18H,11,13H2. The summed E-state index contributed by atoms with van der Waals surface area (Å²) in [7, 11) is 0. The third-order valence-corrected chi connectivity index (χ3v) is 2.52. The van der Waals surface area contributed by atoms with Crippen molar-refractivity contribution in [2.75, 3.05) is 12.0 Å². The molecule has 2 rings (SSSR count). The van der Waals surface area contributed by atoms with Gasteiger partial charge in [0.25, 0.3) is 0 Å². The third-order valence-electron chi connectivity index (χ3n) is 2.52. The lowest BCUT2D eigenvalue weighted by molar-refractivity contribution is 0.370. The minimum absolute atomic E-state index is 0.291. The van der Waals surface area contributed by atoms with Crippen molar-refractivity contribution in [3.05, 3.63) is 60.2 Å². The molecule has 3 heteroatoms. The molecule has 0 aliphatic heterocycles. The monoisotopic (exact) mass is 252 g/mol. The van der Waals surface area contributed by atoms with Crippen molar-refractivity contribution in [3.63, 3.8) is 0 Å². The van der Waals surface area contributed by atoms with Gasteiger partial charge in [0.05, 0.1) is 0 Å². The van der Waals surface area contributed by atoms with Crippen LogP contribution < -0.4 is 15.6 Å². The summed E-state index contributed by atoms with van der Waals surface area (Å²) in [6, 6.07) is 17.8. The molecule has 0 amide bonds. The van der Waals surface area contributed by atoms with Crippen LogP contribution >= 0.6 is 0 Å². The van der Waals surface area contributed by atoms with Gasteiger partial charge in [0, 0.05) is 12.2 Å². The number of rotatable bonds is 6. The van der Waals surface area contributed by atoms with E-state index in [9.17, 15) is 0 Å². The minimum Gasteiger partial charge on any atom is -0.481 e. The van der Waals surface area contributed by atoms with E-state index in [0.717, 1.165) is 17.0 Å². The molecule has 96 valence electrons. The SMILES string of the molecule is C#CCOc1cccc(CNNc2ccccc2)c1. The molecular formula is C16H16N2O. The van der Waals surface area contributed by atoms with Crippen molar-refractivity contribution in [1.29, 1.82) is 0 Å². The number of nitrogens with one attached hydrogen (secondary N) is 2. The van der Waals surface area contributed by atoms with E-state index in [0.29, 0.717) is 13.2 Å². The number of hydrogen-bond acceptors (Lipinski definition) is 3. The van der Waals surface area contributed by atoms with Crippen LogP contribution in [-0.4, -0.2) is 6.61 Å². The van der Waals surface area contributed by atoms with Crippen LogP contribution in [0.3, 0.4) is 0 Å². The van der Waals surface area contributed by atoms with Gasteiger partial charge in [-0.05, 0) is 29.8 Å². The predicted molar refractivity (Wildman–Crippen MR) is 77.7 cm³/mol. The van der Waals surface area contributed by atoms with Gasteiger partial charge >= 0.3 is 0 Å². The Morgan fingerprint density at radius 2 is 1.89 bits per heavy atom. The highest BCUT2D eigenvalue weighted by Gasteiger charge is 1.96. The summed E-state index contributed by atoms with van der Waals surface area (Å²) in [5, 5.41) is 0. The summed E-state index contributed by atoms with van der Waals surface area (Å²) in [4.78, 5) is 0. The highest BCUT2D eigenvalue weighted by molar-refractivity contribution is 5.41. The fourth-order valence-corrected chi connectivity index (χ4v) is 1.64. The first-order chi connectivity index (χ1) is 9.38. The molecule has 0 spiro atoms. The summed E-state index contributed by atoms with van der Waals surface area (Å²) < 4.78 is 5.38. The molecular weight excluding hydrogens is 236 g/mol. The van der Waals surface area contributed by atoms with Crippen LogP contribution in [0.5, 0.6) is 5.75 Å². The fourth-order valence-electron chi connectivity index (χ4n) is 1.64. The van der Waals surface area contributed by atoms with Crippen LogP contribution in [0.1, 0.15) is 5.56 Å². The van der Waals surface area contributed by atoms with Crippen molar-refractivity contribution in [2.24, 2.45) is 0 Å². The average Bonchev–Trinajstić information content (AvgIpc) is 2.47. The van der Waals surface area contributed by atoms with Gasteiger partial charge in [0.15, 0.2) is 0 Å². The van der Waals surface area contributed by atoms with Crippen molar-refractivity contribution in [2.45, 2.75) is 6.54 Å². The first-order valence-electron chi connectivity index (χ1n) is 6.07. The average molecular weight is 252 g/mol. The number of terminal acetylenes is 1. The lowest BCUT2D eigenvalue weighted by atomic mass is 10.2. The van der Waals surface area contributed by atoms with Crippen molar-refractivity contribution in [3.8, 4) is 18.1 Å². The highest BCUT2D eigenvalue weighted by atomic mass is 16.5. The normalized spacial score (nSPS) is 9.63. The van der Waals surface area contributed by atoms with E-state index < -0.39 is 0 Å². The molecule has 0 bridgehead atoms. The summed E-state index contributed by atoms with van der Waals surface area (Å²) in [6.45, 7) is 0.987. The van der Waals surface area contributed by atoms with Crippen LogP contribution in [0.2, 0.25) is 0 Å². The van der Waals surface area contributed by atoms with Crippen LogP contribution in [0, 0.1) is 12.3 Å². The molecule has 0 saturated heterocycles. The van der Waals surface area contributed by atoms with E-state index in [4.69, 9.17) is 11.2 Å². The summed E-state index contributed by atoms with van der Waals surface area (Å²) in [6.07, 6.45) is 5.16. The smallest absolute Gasteiger partial charge is 0.148 e. The molecule has 0 radical (unpaired) electrons. The first kappa shape index (κ1) is 13.0. The van der Waals surface area contributed by atoms with Crippen LogP contribution in [0.25, 0.3) is 0 Å². The van der Waals surface area contributed by atoms with Crippen LogP contribution in [0.4, 0.5) is 5.69 Å². The Morgan fingerprint density at radius 1 is 1.05 bits per heavy atom. The zero-order valence-corrected chi connectivity index (χ0v) is 10.6. The second kappa shape index (κ2) is 7.10. The van der Waals surface area contributed by atoms with Gasteiger partial charge in [-0.2, -0.15) is 0 Å². The minimum atomic E-state index is 0.291. The highest BCUT2D eigenvalue weighted by Crippen LogP contribution is 2.13. The Labute approximate surface area is 113 Å². The molecule has 0 saturated carbocycles. The number of ether oxygens (including phenoxy) is 1. The second-order valence-corrected chi connectivity index (χ2v) is 3.98. The molecule has 2 aromatic carbocycles. The summed E-state index contributed by atoms with van der Waals surface area (Å²) in [5.74, 6) is 3.24. The lowest BCUT2D eigenvalue weighted by Gasteiger charge is -2.09. The molecule has 0 aromatic heterocycles. The summed E-state index contributed by atoms with van der Waals surface area (Å²) >= 11 is 0. The Bertz CT molecular complexity index is 546. The van der Waals surface area contributed by atoms with Crippen molar-refractivity contribution in [1.82, 2.24) is 5.43 Å². The van der Waals surface area contributed by atoms with Gasteiger partial charge in [-0.25, -0.2) is 5.43 Å². The second-order valence-electron chi connectivity index (χ2n) is 3.98. The van der Waals surface area contributed by atoms with Gasteiger partial charge in [-0.1, -0.05) is 36.3 Å². The Kier molecular flexibility index (Phi) is 4.86. The molecule has 0 atom stereocenters. The number of anilines is 1. The zero-order valence-electron chi connectivity index (χ0n) is 10.6. The number of hydrazine groups is 1. The molecule has 19 heavy (non-hydrogen) atoms. The summed E-state index contributed by atoms with van der Waals surface area (Å²) in [5.41, 5.74) is 8.44. The predicted octanol–water partition coefficient (Wildman–Crippen LogP) is 2.82. The fraction of sp³-hybridized carbons (Fsp3) is 0.125. The Hall–Kier alpha value is -2.44. The molecule has 0 aliphatic carbocycles. The van der Waals surface area contributed by atoms with Crippen LogP contribution in [-0.2, 0) is 6.54 Å². The molecule has 0 aliphatic rings. The topological polar surface area (TPSA) is 33.3 Å². The quantitative estimate of drug-likeness (QED) is 0.612. The largest absolute Gasteiger partial charge is 0.481 e. The zero-order chi connectivity index (χ0) is 13.3. The van der Waals surface area contributed by atoms with Gasteiger partial charge in [-0.3, -0.25) is 0 Å². The Morgan fingerprint density at radius 3 is 2.68 bits per heavy atom. The molecule has 0 unspecified atom stereocenters. The molecule has 0 heterocycles. The van der Waals surface area contributed by atoms with E-state index in [2.05, 4.69) is 16.8 Å². The van der Waals surface area contributed by atoms with Gasteiger partial charge < -0.3 is 10.2 Å². The van der Waals surface area contributed by atoms with E-state index in [1.165, 1.54) is 0 Å². The Balaban J connectivity index is 1.84. The van der Waals surface area contributed by atoms with E-state index in [1.807, 2.05) is 54.6 Å². The third kappa shape index (κ3) is 4.38. The van der Waals surface area contributed by atoms with Crippen molar-refractivity contribution >= 4 is 5.69 Å². The van der Waals surface area contributed by atoms with Gasteiger partial charge in [-0.15, -0.1) is 6.42 Å². The van der Waals surface area contributed by atoms with Gasteiger partial charge in [0.1, 0.15) is 12.4 Å². The molecule has 0 fully saturated rings. The van der Waals surface area contributed by atoms with Gasteiger partial charge in [0.2, 0.25) is 0 Å². The van der Waals surface area contributed by atoms with E-state index >= 15 is 0 Å². The number of para-hydroxylation sites is 1. The van der Waals surface area contributed by atoms with Crippen molar-refractivity contribution < 1.29 is 4.74 Å². The maximum atomic E-state index is 5.38. The molecule has 3 nitrogen and oxygen atoms in total. The molecule has 2 aromatic rings. The maximum Gasteiger partial charge on any atom is 0.148 e. The maximum absolute atomic E-state index is 5.38. The van der Waals surface area contributed by atoms with Crippen LogP contribution in [0.15, 0.2) is 54.6 Å². The lowest BCUT2D eigenvalue weighted by Crippen LogP contribution is -2.20. The van der Waals surface area contributed by atoms with E-state index in [1.54, 1.807) is 0 Å². The number of hydrogen-bond donors (Lipinski definition) is 2. The first-order valence-corrected chi connectivity index (χ1v) is 6.07. The van der Waals surface area contributed by atoms with E-state index in [-0.39, 0.29) is 0 Å². The molecule has 2 N–H and O–H groups in total.